The number of nitrogens with zero attached hydrogens (tertiary/aromatic N) is 4. The number of hydrogen-bond donors (Lipinski definition) is 1. The van der Waals surface area contributed by atoms with Crippen molar-refractivity contribution < 1.29 is 14.3 Å². The molecule has 8 heteroatoms. The minimum Gasteiger partial charge on any atom is -0.496 e. The molecule has 0 bridgehead atoms. The van der Waals surface area contributed by atoms with Gasteiger partial charge in [0.15, 0.2) is 5.65 Å². The summed E-state index contributed by atoms with van der Waals surface area (Å²) < 4.78 is 7.08. The third-order valence-electron chi connectivity index (χ3n) is 6.67. The second-order valence-electron chi connectivity index (χ2n) is 8.64. The second-order valence-corrected chi connectivity index (χ2v) is 8.64. The first kappa shape index (κ1) is 20.5. The number of carbonyl (C=O) groups excluding carboxylic acids is 2. The average molecular weight is 434 g/mol. The van der Waals surface area contributed by atoms with Crippen LogP contribution in [-0.2, 0) is 4.79 Å². The van der Waals surface area contributed by atoms with E-state index >= 15 is 0 Å². The second kappa shape index (κ2) is 8.26. The van der Waals surface area contributed by atoms with Gasteiger partial charge in [-0.2, -0.15) is 5.10 Å². The molecular formula is C24H27N5O3. The number of hydrogen-bond acceptors (Lipinski definition) is 5. The standard InChI is InChI=1S/C24H27N5O3/c1-15-25-22-12-11-17(14-28(22)27-15)26-23(30)20-13-16-7-3-5-9-19(16)29(20)24(31)18-8-4-6-10-21(18)32-2/h4,6,8,10-12,14,16,19-20H,3,5,7,9,13H2,1-2H3,(H,26,30)/t16-,19-,20+/m1/s1. The molecule has 1 aromatic carbocycles. The van der Waals surface area contributed by atoms with Crippen LogP contribution in [0.3, 0.4) is 0 Å². The Morgan fingerprint density at radius 2 is 1.94 bits per heavy atom. The van der Waals surface area contributed by atoms with E-state index in [4.69, 9.17) is 4.74 Å². The normalized spacial score (nSPS) is 22.6. The van der Waals surface area contributed by atoms with E-state index in [0.717, 1.165) is 31.3 Å². The van der Waals surface area contributed by atoms with Crippen LogP contribution in [0.2, 0.25) is 0 Å². The molecule has 0 unspecified atom stereocenters. The first-order valence-electron chi connectivity index (χ1n) is 11.1. The fourth-order valence-electron chi connectivity index (χ4n) is 5.24. The quantitative estimate of drug-likeness (QED) is 0.681. The summed E-state index contributed by atoms with van der Waals surface area (Å²) in [6.45, 7) is 1.83. The van der Waals surface area contributed by atoms with Gasteiger partial charge in [0.05, 0.1) is 24.6 Å². The molecule has 1 saturated heterocycles. The number of aromatic nitrogens is 3. The third kappa shape index (κ3) is 3.59. The van der Waals surface area contributed by atoms with Gasteiger partial charge in [-0.3, -0.25) is 9.59 Å². The number of carbonyl (C=O) groups is 2. The van der Waals surface area contributed by atoms with Crippen LogP contribution in [0.5, 0.6) is 5.75 Å². The monoisotopic (exact) mass is 433 g/mol. The number of fused-ring (bicyclic) bond motifs is 2. The highest BCUT2D eigenvalue weighted by Gasteiger charge is 2.48. The van der Waals surface area contributed by atoms with Crippen molar-refractivity contribution in [2.75, 3.05) is 12.4 Å². The maximum atomic E-state index is 13.7. The summed E-state index contributed by atoms with van der Waals surface area (Å²) in [5.74, 6) is 1.24. The average Bonchev–Trinajstić information content (AvgIpc) is 3.38. The summed E-state index contributed by atoms with van der Waals surface area (Å²) >= 11 is 0. The molecule has 2 aliphatic rings. The van der Waals surface area contributed by atoms with Crippen molar-refractivity contribution >= 4 is 23.1 Å². The summed E-state index contributed by atoms with van der Waals surface area (Å²) in [5, 5.41) is 7.32. The highest BCUT2D eigenvalue weighted by atomic mass is 16.5. The molecule has 1 saturated carbocycles. The van der Waals surface area contributed by atoms with Gasteiger partial charge in [0.2, 0.25) is 5.91 Å². The number of ether oxygens (including phenoxy) is 1. The molecule has 0 spiro atoms. The molecule has 1 aliphatic carbocycles. The van der Waals surface area contributed by atoms with Crippen molar-refractivity contribution in [3.8, 4) is 5.75 Å². The van der Waals surface area contributed by atoms with Gasteiger partial charge in [-0.05, 0) is 56.4 Å². The van der Waals surface area contributed by atoms with E-state index in [1.54, 1.807) is 30.0 Å². The van der Waals surface area contributed by atoms with Crippen LogP contribution in [0.4, 0.5) is 5.69 Å². The van der Waals surface area contributed by atoms with Crippen molar-refractivity contribution in [2.45, 2.75) is 51.1 Å². The van der Waals surface area contributed by atoms with Gasteiger partial charge in [-0.15, -0.1) is 0 Å². The predicted molar refractivity (Wildman–Crippen MR) is 120 cm³/mol. The van der Waals surface area contributed by atoms with E-state index < -0.39 is 6.04 Å². The largest absolute Gasteiger partial charge is 0.496 e. The lowest BCUT2D eigenvalue weighted by atomic mass is 9.84. The van der Waals surface area contributed by atoms with Crippen molar-refractivity contribution in [3.63, 3.8) is 0 Å². The van der Waals surface area contributed by atoms with Crippen LogP contribution >= 0.6 is 0 Å². The smallest absolute Gasteiger partial charge is 0.258 e. The molecular weight excluding hydrogens is 406 g/mol. The summed E-state index contributed by atoms with van der Waals surface area (Å²) in [7, 11) is 1.56. The van der Waals surface area contributed by atoms with Gasteiger partial charge in [0, 0.05) is 6.04 Å². The van der Waals surface area contributed by atoms with E-state index in [0.29, 0.717) is 35.2 Å². The Bertz CT molecular complexity index is 1170. The Hall–Kier alpha value is -3.42. The van der Waals surface area contributed by atoms with E-state index in [1.807, 2.05) is 36.1 Å². The van der Waals surface area contributed by atoms with Crippen LogP contribution in [0.25, 0.3) is 5.65 Å². The number of rotatable bonds is 4. The molecule has 8 nitrogen and oxygen atoms in total. The first-order valence-corrected chi connectivity index (χ1v) is 11.1. The highest BCUT2D eigenvalue weighted by molar-refractivity contribution is 6.03. The Balaban J connectivity index is 1.44. The number of aryl methyl sites for hydroxylation is 1. The number of anilines is 1. The van der Waals surface area contributed by atoms with Crippen molar-refractivity contribution in [3.05, 3.63) is 54.0 Å². The van der Waals surface area contributed by atoms with Gasteiger partial charge >= 0.3 is 0 Å². The zero-order valence-electron chi connectivity index (χ0n) is 18.3. The van der Waals surface area contributed by atoms with E-state index in [9.17, 15) is 9.59 Å². The van der Waals surface area contributed by atoms with Crippen LogP contribution in [0, 0.1) is 12.8 Å². The molecule has 3 heterocycles. The lowest BCUT2D eigenvalue weighted by molar-refractivity contribution is -0.120. The first-order chi connectivity index (χ1) is 15.5. The van der Waals surface area contributed by atoms with Gasteiger partial charge in [-0.1, -0.05) is 25.0 Å². The van der Waals surface area contributed by atoms with Crippen molar-refractivity contribution in [1.29, 1.82) is 0 Å². The molecule has 166 valence electrons. The van der Waals surface area contributed by atoms with Crippen LogP contribution in [0.1, 0.15) is 48.3 Å². The Kier molecular flexibility index (Phi) is 5.28. The Morgan fingerprint density at radius 3 is 2.78 bits per heavy atom. The Morgan fingerprint density at radius 1 is 1.12 bits per heavy atom. The number of nitrogens with one attached hydrogen (secondary N) is 1. The molecule has 3 atom stereocenters. The number of para-hydroxylation sites is 1. The fourth-order valence-corrected chi connectivity index (χ4v) is 5.24. The number of pyridine rings is 1. The summed E-state index contributed by atoms with van der Waals surface area (Å²) in [6, 6.07) is 10.4. The zero-order chi connectivity index (χ0) is 22.2. The van der Waals surface area contributed by atoms with Gasteiger partial charge in [0.1, 0.15) is 17.6 Å². The lowest BCUT2D eigenvalue weighted by Crippen LogP contribution is -2.48. The molecule has 5 rings (SSSR count). The number of amides is 2. The van der Waals surface area contributed by atoms with Crippen molar-refractivity contribution in [1.82, 2.24) is 19.5 Å². The number of methoxy groups -OCH3 is 1. The van der Waals surface area contributed by atoms with Gasteiger partial charge in [-0.25, -0.2) is 9.50 Å². The molecule has 2 amide bonds. The summed E-state index contributed by atoms with van der Waals surface area (Å²) in [4.78, 5) is 33.2. The molecule has 32 heavy (non-hydrogen) atoms. The minimum absolute atomic E-state index is 0.0809. The minimum atomic E-state index is -0.520. The molecule has 1 aliphatic heterocycles. The van der Waals surface area contributed by atoms with E-state index in [2.05, 4.69) is 15.4 Å². The zero-order valence-corrected chi connectivity index (χ0v) is 18.3. The fraction of sp³-hybridized carbons (Fsp3) is 0.417. The van der Waals surface area contributed by atoms with Crippen LogP contribution in [-0.4, -0.2) is 50.5 Å². The molecule has 1 N–H and O–H groups in total. The molecule has 0 radical (unpaired) electrons. The SMILES string of the molecule is COc1ccccc1C(=O)N1[C@@H]2CCCC[C@@H]2C[C@H]1C(=O)Nc1ccc2nc(C)nn2c1. The molecule has 2 aromatic heterocycles. The number of benzene rings is 1. The Labute approximate surface area is 186 Å². The van der Waals surface area contributed by atoms with E-state index in [-0.39, 0.29) is 17.9 Å². The van der Waals surface area contributed by atoms with Gasteiger partial charge < -0.3 is 15.0 Å². The lowest BCUT2D eigenvalue weighted by Gasteiger charge is -2.34. The van der Waals surface area contributed by atoms with E-state index in [1.165, 1.54) is 0 Å². The molecule has 2 fully saturated rings. The van der Waals surface area contributed by atoms with Gasteiger partial charge in [0.25, 0.3) is 5.91 Å². The van der Waals surface area contributed by atoms with Crippen molar-refractivity contribution in [2.24, 2.45) is 5.92 Å². The summed E-state index contributed by atoms with van der Waals surface area (Å²) in [6.07, 6.45) is 6.64. The van der Waals surface area contributed by atoms with Crippen LogP contribution < -0.4 is 10.1 Å². The molecule has 3 aromatic rings. The number of likely N-dealkylation sites (tertiary alicyclic amines) is 1. The summed E-state index contributed by atoms with van der Waals surface area (Å²) in [5.41, 5.74) is 1.85. The maximum Gasteiger partial charge on any atom is 0.258 e. The topological polar surface area (TPSA) is 88.8 Å². The van der Waals surface area contributed by atoms with Crippen LogP contribution in [0.15, 0.2) is 42.6 Å². The maximum absolute atomic E-state index is 13.7. The third-order valence-corrected chi connectivity index (χ3v) is 6.67. The highest BCUT2D eigenvalue weighted by Crippen LogP contribution is 2.41. The predicted octanol–water partition coefficient (Wildman–Crippen LogP) is 3.46.